The lowest BCUT2D eigenvalue weighted by atomic mass is 10.2. The molecule has 3 nitrogen and oxygen atoms in total. The van der Waals surface area contributed by atoms with Gasteiger partial charge in [-0.1, -0.05) is 23.7 Å². The summed E-state index contributed by atoms with van der Waals surface area (Å²) >= 11 is 5.96. The molecule has 0 spiro atoms. The molecule has 1 aromatic heterocycles. The molecule has 102 valence electrons. The summed E-state index contributed by atoms with van der Waals surface area (Å²) in [5, 5.41) is 9.23. The van der Waals surface area contributed by atoms with E-state index in [0.717, 1.165) is 10.8 Å². The van der Waals surface area contributed by atoms with Crippen LogP contribution in [-0.4, -0.2) is 21.3 Å². The molecule has 1 heterocycles. The van der Waals surface area contributed by atoms with E-state index in [1.807, 2.05) is 0 Å². The molecule has 0 bridgehead atoms. The number of hydrogen-bond donors (Lipinski definition) is 1. The standard InChI is InChI=1S/C12H10ClF3N2O/c13-9-4-2-1-3-8(9)11-17-7-10(12(14,15)16)18(11)5-6-19/h1-4,7,19H,5-6H2. The van der Waals surface area contributed by atoms with Gasteiger partial charge in [0.05, 0.1) is 17.8 Å². The highest BCUT2D eigenvalue weighted by atomic mass is 35.5. The second kappa shape index (κ2) is 5.22. The molecule has 0 amide bonds. The van der Waals surface area contributed by atoms with Crippen LogP contribution in [0.3, 0.4) is 0 Å². The van der Waals surface area contributed by atoms with E-state index in [9.17, 15) is 13.2 Å². The maximum absolute atomic E-state index is 12.8. The van der Waals surface area contributed by atoms with Crippen molar-refractivity contribution in [2.24, 2.45) is 0 Å². The quantitative estimate of drug-likeness (QED) is 0.942. The summed E-state index contributed by atoms with van der Waals surface area (Å²) in [7, 11) is 0. The van der Waals surface area contributed by atoms with Gasteiger partial charge in [-0.05, 0) is 12.1 Å². The number of hydrogen-bond acceptors (Lipinski definition) is 2. The number of aliphatic hydroxyl groups excluding tert-OH is 1. The lowest BCUT2D eigenvalue weighted by Crippen LogP contribution is -2.16. The summed E-state index contributed by atoms with van der Waals surface area (Å²) in [6, 6.07) is 6.49. The molecular formula is C12H10ClF3N2O. The third-order valence-electron chi connectivity index (χ3n) is 2.58. The number of nitrogens with zero attached hydrogens (tertiary/aromatic N) is 2. The van der Waals surface area contributed by atoms with Gasteiger partial charge in [-0.15, -0.1) is 0 Å². The lowest BCUT2D eigenvalue weighted by molar-refractivity contribution is -0.143. The third kappa shape index (κ3) is 2.74. The Morgan fingerprint density at radius 1 is 1.26 bits per heavy atom. The van der Waals surface area contributed by atoms with Crippen LogP contribution in [-0.2, 0) is 12.7 Å². The fourth-order valence-corrected chi connectivity index (χ4v) is 2.01. The molecule has 0 atom stereocenters. The van der Waals surface area contributed by atoms with Gasteiger partial charge in [0.15, 0.2) is 0 Å². The van der Waals surface area contributed by atoms with Crippen LogP contribution in [0.25, 0.3) is 11.4 Å². The smallest absolute Gasteiger partial charge is 0.395 e. The summed E-state index contributed by atoms with van der Waals surface area (Å²) in [5.74, 6) is 0.0898. The zero-order valence-electron chi connectivity index (χ0n) is 9.65. The van der Waals surface area contributed by atoms with Crippen molar-refractivity contribution < 1.29 is 18.3 Å². The monoisotopic (exact) mass is 290 g/mol. The number of benzene rings is 1. The van der Waals surface area contributed by atoms with Gasteiger partial charge in [0.25, 0.3) is 0 Å². The molecule has 0 aliphatic carbocycles. The van der Waals surface area contributed by atoms with Crippen molar-refractivity contribution in [3.05, 3.63) is 41.2 Å². The van der Waals surface area contributed by atoms with E-state index < -0.39 is 18.5 Å². The Bertz CT molecular complexity index is 581. The zero-order chi connectivity index (χ0) is 14.0. The topological polar surface area (TPSA) is 38.0 Å². The van der Waals surface area contributed by atoms with E-state index in [4.69, 9.17) is 16.7 Å². The molecule has 2 aromatic rings. The molecule has 0 aliphatic heterocycles. The highest BCUT2D eigenvalue weighted by Crippen LogP contribution is 2.34. The first kappa shape index (κ1) is 13.9. The second-order valence-corrected chi connectivity index (χ2v) is 4.23. The van der Waals surface area contributed by atoms with Gasteiger partial charge in [-0.2, -0.15) is 13.2 Å². The van der Waals surface area contributed by atoms with Crippen molar-refractivity contribution in [1.82, 2.24) is 9.55 Å². The van der Waals surface area contributed by atoms with Gasteiger partial charge < -0.3 is 9.67 Å². The number of imidazole rings is 1. The van der Waals surface area contributed by atoms with Gasteiger partial charge >= 0.3 is 6.18 Å². The Morgan fingerprint density at radius 3 is 2.53 bits per heavy atom. The maximum Gasteiger partial charge on any atom is 0.433 e. The second-order valence-electron chi connectivity index (χ2n) is 3.82. The summed E-state index contributed by atoms with van der Waals surface area (Å²) < 4.78 is 39.4. The number of aromatic nitrogens is 2. The van der Waals surface area contributed by atoms with Crippen LogP contribution in [0.1, 0.15) is 5.69 Å². The van der Waals surface area contributed by atoms with Crippen molar-refractivity contribution in [1.29, 1.82) is 0 Å². The number of aliphatic hydroxyl groups is 1. The minimum atomic E-state index is -4.53. The third-order valence-corrected chi connectivity index (χ3v) is 2.91. The molecule has 7 heteroatoms. The molecule has 0 unspecified atom stereocenters. The van der Waals surface area contributed by atoms with E-state index in [2.05, 4.69) is 4.98 Å². The Kier molecular flexibility index (Phi) is 3.82. The summed E-state index contributed by atoms with van der Waals surface area (Å²) in [4.78, 5) is 3.78. The minimum absolute atomic E-state index is 0.0898. The Labute approximate surface area is 112 Å². The van der Waals surface area contributed by atoms with E-state index in [-0.39, 0.29) is 12.4 Å². The predicted octanol–water partition coefficient (Wildman–Crippen LogP) is 3.21. The molecule has 0 saturated heterocycles. The van der Waals surface area contributed by atoms with Crippen molar-refractivity contribution in [3.8, 4) is 11.4 Å². The lowest BCUT2D eigenvalue weighted by Gasteiger charge is -2.13. The molecular weight excluding hydrogens is 281 g/mol. The molecule has 2 rings (SSSR count). The first-order valence-electron chi connectivity index (χ1n) is 5.43. The van der Waals surface area contributed by atoms with Crippen LogP contribution < -0.4 is 0 Å². The molecule has 0 fully saturated rings. The molecule has 0 radical (unpaired) electrons. The molecule has 1 N–H and O–H groups in total. The van der Waals surface area contributed by atoms with E-state index in [1.54, 1.807) is 24.3 Å². The van der Waals surface area contributed by atoms with Crippen LogP contribution in [0.5, 0.6) is 0 Å². The highest BCUT2D eigenvalue weighted by molar-refractivity contribution is 6.33. The van der Waals surface area contributed by atoms with Crippen LogP contribution in [0, 0.1) is 0 Å². The summed E-state index contributed by atoms with van der Waals surface area (Å²) in [6.45, 7) is -0.619. The van der Waals surface area contributed by atoms with Gasteiger partial charge in [0.1, 0.15) is 11.5 Å². The summed E-state index contributed by atoms with van der Waals surface area (Å²) in [6.07, 6.45) is -3.78. The fourth-order valence-electron chi connectivity index (χ4n) is 1.79. The molecule has 0 saturated carbocycles. The van der Waals surface area contributed by atoms with Crippen LogP contribution in [0.15, 0.2) is 30.5 Å². The minimum Gasteiger partial charge on any atom is -0.395 e. The molecule has 1 aromatic carbocycles. The first-order chi connectivity index (χ1) is 8.95. The van der Waals surface area contributed by atoms with Crippen LogP contribution in [0.2, 0.25) is 5.02 Å². The molecule has 0 aliphatic rings. The van der Waals surface area contributed by atoms with Crippen molar-refractivity contribution in [2.75, 3.05) is 6.61 Å². The van der Waals surface area contributed by atoms with E-state index >= 15 is 0 Å². The molecule has 19 heavy (non-hydrogen) atoms. The SMILES string of the molecule is OCCn1c(C(F)(F)F)cnc1-c1ccccc1Cl. The van der Waals surface area contributed by atoms with Crippen molar-refractivity contribution in [3.63, 3.8) is 0 Å². The fraction of sp³-hybridized carbons (Fsp3) is 0.250. The van der Waals surface area contributed by atoms with Gasteiger partial charge in [0, 0.05) is 12.1 Å². The Balaban J connectivity index is 2.59. The van der Waals surface area contributed by atoms with Gasteiger partial charge in [-0.25, -0.2) is 4.98 Å². The number of alkyl halides is 3. The van der Waals surface area contributed by atoms with Crippen LogP contribution in [0.4, 0.5) is 13.2 Å². The van der Waals surface area contributed by atoms with Crippen molar-refractivity contribution >= 4 is 11.6 Å². The van der Waals surface area contributed by atoms with Crippen LogP contribution >= 0.6 is 11.6 Å². The van der Waals surface area contributed by atoms with Crippen molar-refractivity contribution in [2.45, 2.75) is 12.7 Å². The maximum atomic E-state index is 12.8. The predicted molar refractivity (Wildman–Crippen MR) is 64.8 cm³/mol. The average Bonchev–Trinajstić information content (AvgIpc) is 2.74. The Hall–Kier alpha value is -1.53. The average molecular weight is 291 g/mol. The van der Waals surface area contributed by atoms with Gasteiger partial charge in [-0.3, -0.25) is 0 Å². The normalized spacial score (nSPS) is 11.8. The highest BCUT2D eigenvalue weighted by Gasteiger charge is 2.36. The largest absolute Gasteiger partial charge is 0.433 e. The zero-order valence-corrected chi connectivity index (χ0v) is 10.4. The number of rotatable bonds is 3. The first-order valence-corrected chi connectivity index (χ1v) is 5.81. The number of halogens is 4. The van der Waals surface area contributed by atoms with E-state index in [1.165, 1.54) is 0 Å². The van der Waals surface area contributed by atoms with E-state index in [0.29, 0.717) is 10.6 Å². The Morgan fingerprint density at radius 2 is 1.95 bits per heavy atom. The van der Waals surface area contributed by atoms with Gasteiger partial charge in [0.2, 0.25) is 0 Å². The summed E-state index contributed by atoms with van der Waals surface area (Å²) in [5.41, 5.74) is -0.510.